The minimum Gasteiger partial charge on any atom is -0.461 e. The maximum atomic E-state index is 10.5. The third-order valence-corrected chi connectivity index (χ3v) is 2.37. The third kappa shape index (κ3) is 2.41. The van der Waals surface area contributed by atoms with Crippen molar-refractivity contribution in [2.75, 3.05) is 7.11 Å². The summed E-state index contributed by atoms with van der Waals surface area (Å²) in [4.78, 5) is 9.88. The lowest BCUT2D eigenvalue weighted by Gasteiger charge is -2.04. The van der Waals surface area contributed by atoms with Gasteiger partial charge in [-0.3, -0.25) is 10.1 Å². The standard InChI is InChI=1S/C11H12N2O5/c1-16-6-7-2-3-8(17-7)11(12)9-4-5-10(18-9)13(14)15/h2-5,11H,6,12H2,1H3. The molecule has 0 amide bonds. The molecular formula is C11H12N2O5. The molecular weight excluding hydrogens is 240 g/mol. The molecule has 0 aliphatic carbocycles. The minimum atomic E-state index is -0.677. The summed E-state index contributed by atoms with van der Waals surface area (Å²) >= 11 is 0. The number of nitrogens with two attached hydrogens (primary N) is 1. The molecule has 7 heteroatoms. The number of ether oxygens (including phenoxy) is 1. The van der Waals surface area contributed by atoms with Crippen LogP contribution in [-0.2, 0) is 11.3 Å². The van der Waals surface area contributed by atoms with Crippen LogP contribution in [0.25, 0.3) is 0 Å². The van der Waals surface area contributed by atoms with Gasteiger partial charge in [-0.05, 0) is 18.2 Å². The van der Waals surface area contributed by atoms with E-state index in [4.69, 9.17) is 19.3 Å². The van der Waals surface area contributed by atoms with E-state index < -0.39 is 11.0 Å². The number of hydrogen-bond acceptors (Lipinski definition) is 6. The predicted octanol–water partition coefficient (Wildman–Crippen LogP) is 1.98. The highest BCUT2D eigenvalue weighted by molar-refractivity contribution is 5.25. The molecule has 2 rings (SSSR count). The van der Waals surface area contributed by atoms with E-state index in [1.807, 2.05) is 0 Å². The van der Waals surface area contributed by atoms with Gasteiger partial charge in [0.2, 0.25) is 0 Å². The number of methoxy groups -OCH3 is 1. The summed E-state index contributed by atoms with van der Waals surface area (Å²) < 4.78 is 15.4. The highest BCUT2D eigenvalue weighted by atomic mass is 16.6. The number of rotatable bonds is 5. The van der Waals surface area contributed by atoms with E-state index in [1.165, 1.54) is 12.1 Å². The van der Waals surface area contributed by atoms with Crippen molar-refractivity contribution in [3.05, 3.63) is 51.7 Å². The second-order valence-electron chi connectivity index (χ2n) is 3.65. The van der Waals surface area contributed by atoms with E-state index >= 15 is 0 Å². The Morgan fingerprint density at radius 1 is 1.33 bits per heavy atom. The van der Waals surface area contributed by atoms with Crippen molar-refractivity contribution in [3.8, 4) is 0 Å². The highest BCUT2D eigenvalue weighted by Crippen LogP contribution is 2.26. The zero-order chi connectivity index (χ0) is 13.1. The van der Waals surface area contributed by atoms with Crippen molar-refractivity contribution >= 4 is 5.88 Å². The van der Waals surface area contributed by atoms with E-state index in [-0.39, 0.29) is 11.6 Å². The SMILES string of the molecule is COCc1ccc(C(N)c2ccc([N+](=O)[O-])o2)o1. The third-order valence-electron chi connectivity index (χ3n) is 2.37. The van der Waals surface area contributed by atoms with Gasteiger partial charge in [0.05, 0.1) is 6.07 Å². The molecule has 1 unspecified atom stereocenters. The van der Waals surface area contributed by atoms with Crippen molar-refractivity contribution in [2.24, 2.45) is 5.73 Å². The van der Waals surface area contributed by atoms with Gasteiger partial charge in [-0.1, -0.05) is 0 Å². The fraction of sp³-hybridized carbons (Fsp3) is 0.273. The molecule has 0 radical (unpaired) electrons. The molecule has 0 saturated heterocycles. The predicted molar refractivity (Wildman–Crippen MR) is 60.8 cm³/mol. The van der Waals surface area contributed by atoms with Crippen LogP contribution in [0.4, 0.5) is 5.88 Å². The van der Waals surface area contributed by atoms with Crippen molar-refractivity contribution in [1.82, 2.24) is 0 Å². The summed E-state index contributed by atoms with van der Waals surface area (Å²) in [5, 5.41) is 10.5. The first-order chi connectivity index (χ1) is 8.61. The Kier molecular flexibility index (Phi) is 3.45. The molecule has 0 aliphatic heterocycles. The molecule has 2 aromatic heterocycles. The van der Waals surface area contributed by atoms with Crippen LogP contribution in [0.2, 0.25) is 0 Å². The Morgan fingerprint density at radius 3 is 2.61 bits per heavy atom. The quantitative estimate of drug-likeness (QED) is 0.644. The second kappa shape index (κ2) is 5.03. The van der Waals surface area contributed by atoms with Gasteiger partial charge in [0.25, 0.3) is 0 Å². The Hall–Kier alpha value is -2.12. The van der Waals surface area contributed by atoms with Crippen LogP contribution in [0.3, 0.4) is 0 Å². The fourth-order valence-electron chi connectivity index (χ4n) is 1.53. The molecule has 0 fully saturated rings. The zero-order valence-corrected chi connectivity index (χ0v) is 9.66. The molecule has 2 heterocycles. The van der Waals surface area contributed by atoms with Crippen LogP contribution >= 0.6 is 0 Å². The van der Waals surface area contributed by atoms with Crippen LogP contribution in [0.5, 0.6) is 0 Å². The molecule has 0 saturated carbocycles. The van der Waals surface area contributed by atoms with Crippen LogP contribution in [-0.4, -0.2) is 12.0 Å². The highest BCUT2D eigenvalue weighted by Gasteiger charge is 2.20. The summed E-state index contributed by atoms with van der Waals surface area (Å²) in [7, 11) is 1.55. The minimum absolute atomic E-state index is 0.278. The van der Waals surface area contributed by atoms with Crippen LogP contribution in [0.15, 0.2) is 33.1 Å². The van der Waals surface area contributed by atoms with Crippen molar-refractivity contribution in [1.29, 1.82) is 0 Å². The van der Waals surface area contributed by atoms with Gasteiger partial charge < -0.3 is 19.3 Å². The van der Waals surface area contributed by atoms with Gasteiger partial charge in [-0.25, -0.2) is 0 Å². The van der Waals surface area contributed by atoms with Gasteiger partial charge in [0, 0.05) is 7.11 Å². The van der Waals surface area contributed by atoms with E-state index in [9.17, 15) is 10.1 Å². The summed E-state index contributed by atoms with van der Waals surface area (Å²) in [6.07, 6.45) is 0. The maximum absolute atomic E-state index is 10.5. The number of hydrogen-bond donors (Lipinski definition) is 1. The van der Waals surface area contributed by atoms with Crippen LogP contribution < -0.4 is 5.73 Å². The molecule has 0 spiro atoms. The second-order valence-corrected chi connectivity index (χ2v) is 3.65. The molecule has 18 heavy (non-hydrogen) atoms. The monoisotopic (exact) mass is 252 g/mol. The van der Waals surface area contributed by atoms with Crippen molar-refractivity contribution in [2.45, 2.75) is 12.6 Å². The van der Waals surface area contributed by atoms with Crippen molar-refractivity contribution < 1.29 is 18.5 Å². The normalized spacial score (nSPS) is 12.6. The number of nitro groups is 1. The molecule has 0 bridgehead atoms. The smallest absolute Gasteiger partial charge is 0.433 e. The van der Waals surface area contributed by atoms with Crippen LogP contribution in [0, 0.1) is 10.1 Å². The molecule has 2 N–H and O–H groups in total. The van der Waals surface area contributed by atoms with E-state index in [2.05, 4.69) is 0 Å². The Labute approximate surface area is 102 Å². The van der Waals surface area contributed by atoms with Gasteiger partial charge in [-0.2, -0.15) is 0 Å². The molecule has 0 aromatic carbocycles. The largest absolute Gasteiger partial charge is 0.461 e. The lowest BCUT2D eigenvalue weighted by Crippen LogP contribution is -2.09. The number of nitrogens with zero attached hydrogens (tertiary/aromatic N) is 1. The first kappa shape index (κ1) is 12.3. The average Bonchev–Trinajstić information content (AvgIpc) is 2.97. The summed E-state index contributed by atoms with van der Waals surface area (Å²) in [5.74, 6) is 1.03. The lowest BCUT2D eigenvalue weighted by molar-refractivity contribution is -0.402. The van der Waals surface area contributed by atoms with Crippen molar-refractivity contribution in [3.63, 3.8) is 0 Å². The van der Waals surface area contributed by atoms with Gasteiger partial charge in [0.15, 0.2) is 0 Å². The molecule has 2 aromatic rings. The average molecular weight is 252 g/mol. The summed E-state index contributed by atoms with van der Waals surface area (Å²) in [6, 6.07) is 5.46. The summed E-state index contributed by atoms with van der Waals surface area (Å²) in [6.45, 7) is 0.338. The molecule has 1 atom stereocenters. The zero-order valence-electron chi connectivity index (χ0n) is 9.66. The summed E-state index contributed by atoms with van der Waals surface area (Å²) in [5.41, 5.74) is 5.89. The van der Waals surface area contributed by atoms with Gasteiger partial charge in [0.1, 0.15) is 34.9 Å². The fourth-order valence-corrected chi connectivity index (χ4v) is 1.53. The maximum Gasteiger partial charge on any atom is 0.433 e. The lowest BCUT2D eigenvalue weighted by atomic mass is 10.2. The van der Waals surface area contributed by atoms with E-state index in [0.717, 1.165) is 0 Å². The molecule has 96 valence electrons. The number of furan rings is 2. The van der Waals surface area contributed by atoms with Gasteiger partial charge >= 0.3 is 5.88 Å². The van der Waals surface area contributed by atoms with E-state index in [0.29, 0.717) is 18.1 Å². The first-order valence-corrected chi connectivity index (χ1v) is 5.19. The van der Waals surface area contributed by atoms with Crippen LogP contribution in [0.1, 0.15) is 23.3 Å². The molecule has 0 aliphatic rings. The topological polar surface area (TPSA) is 105 Å². The van der Waals surface area contributed by atoms with Gasteiger partial charge in [-0.15, -0.1) is 0 Å². The Bertz CT molecular complexity index is 545. The van der Waals surface area contributed by atoms with E-state index in [1.54, 1.807) is 19.2 Å². The Morgan fingerprint density at radius 2 is 2.00 bits per heavy atom. The molecule has 7 nitrogen and oxygen atoms in total. The first-order valence-electron chi connectivity index (χ1n) is 5.19. The Balaban J connectivity index is 2.18.